The number of nitrogens with one attached hydrogen (secondary N) is 1. The number of sulfone groups is 1. The lowest BCUT2D eigenvalue weighted by atomic mass is 10.2. The van der Waals surface area contributed by atoms with Gasteiger partial charge >= 0.3 is 6.09 Å². The molecule has 0 bridgehead atoms. The number of pyridine rings is 1. The molecule has 12 nitrogen and oxygen atoms in total. The van der Waals surface area contributed by atoms with Crippen LogP contribution in [0, 0.1) is 0 Å². The third kappa shape index (κ3) is 8.02. The molecule has 0 saturated heterocycles. The zero-order chi connectivity index (χ0) is 27.4. The van der Waals surface area contributed by atoms with Gasteiger partial charge in [0.2, 0.25) is 0 Å². The van der Waals surface area contributed by atoms with Crippen LogP contribution in [0.5, 0.6) is 17.2 Å². The molecule has 1 unspecified atom stereocenters. The Morgan fingerprint density at radius 1 is 1.11 bits per heavy atom. The van der Waals surface area contributed by atoms with Crippen molar-refractivity contribution in [3.8, 4) is 17.2 Å². The van der Waals surface area contributed by atoms with Gasteiger partial charge in [0.25, 0.3) is 5.91 Å². The fourth-order valence-electron chi connectivity index (χ4n) is 2.87. The maximum absolute atomic E-state index is 13.0. The zero-order valence-electron chi connectivity index (χ0n) is 21.0. The zero-order valence-corrected chi connectivity index (χ0v) is 21.8. The van der Waals surface area contributed by atoms with Crippen LogP contribution in [0.4, 0.5) is 10.6 Å². The van der Waals surface area contributed by atoms with Crippen LogP contribution in [0.3, 0.4) is 0 Å². The molecular weight excluding hydrogens is 504 g/mol. The van der Waals surface area contributed by atoms with Gasteiger partial charge in [0.05, 0.1) is 12.8 Å². The molecule has 1 atom stereocenters. The van der Waals surface area contributed by atoms with Crippen LogP contribution in [-0.2, 0) is 14.6 Å². The van der Waals surface area contributed by atoms with Crippen molar-refractivity contribution in [1.29, 1.82) is 0 Å². The summed E-state index contributed by atoms with van der Waals surface area (Å²) >= 11 is 0. The average molecular weight is 533 g/mol. The predicted molar refractivity (Wildman–Crippen MR) is 133 cm³/mol. The van der Waals surface area contributed by atoms with Crippen molar-refractivity contribution in [2.75, 3.05) is 18.2 Å². The van der Waals surface area contributed by atoms with E-state index in [4.69, 9.17) is 14.2 Å². The first-order valence-electron chi connectivity index (χ1n) is 11.1. The molecule has 0 radical (unpaired) electrons. The normalized spacial score (nSPS) is 12.5. The van der Waals surface area contributed by atoms with Crippen LogP contribution in [-0.4, -0.2) is 64.9 Å². The summed E-state index contributed by atoms with van der Waals surface area (Å²) in [5.74, 6) is 0.188. The van der Waals surface area contributed by atoms with E-state index < -0.39 is 33.5 Å². The fourth-order valence-corrected chi connectivity index (χ4v) is 3.43. The van der Waals surface area contributed by atoms with E-state index in [0.717, 1.165) is 10.9 Å². The molecule has 0 aliphatic carbocycles. The Bertz CT molecular complexity index is 1380. The number of hydrogen-bond acceptors (Lipinski definition) is 10. The summed E-state index contributed by atoms with van der Waals surface area (Å²) < 4.78 is 40.9. The molecule has 0 fully saturated rings. The summed E-state index contributed by atoms with van der Waals surface area (Å²) in [6, 6.07) is 8.54. The molecule has 0 spiro atoms. The molecule has 3 rings (SSSR count). The minimum Gasteiger partial charge on any atom is -0.488 e. The van der Waals surface area contributed by atoms with Gasteiger partial charge in [-0.3, -0.25) is 4.79 Å². The molecule has 3 aromatic rings. The molecule has 2 N–H and O–H groups in total. The third-order valence-corrected chi connectivity index (χ3v) is 5.47. The first-order valence-corrected chi connectivity index (χ1v) is 13.0. The Hall–Kier alpha value is -3.97. The Morgan fingerprint density at radius 2 is 1.81 bits per heavy atom. The van der Waals surface area contributed by atoms with Gasteiger partial charge in [-0.05, 0) is 52.0 Å². The molecule has 198 valence electrons. The largest absolute Gasteiger partial charge is 0.488 e. The second kappa shape index (κ2) is 11.0. The van der Waals surface area contributed by atoms with Crippen LogP contribution in [0.1, 0.15) is 38.1 Å². The van der Waals surface area contributed by atoms with Crippen molar-refractivity contribution in [3.63, 3.8) is 0 Å². The second-order valence-corrected chi connectivity index (χ2v) is 11.1. The number of anilines is 1. The van der Waals surface area contributed by atoms with Crippen molar-refractivity contribution < 1.29 is 37.3 Å². The Kier molecular flexibility index (Phi) is 8.18. The van der Waals surface area contributed by atoms with E-state index in [1.165, 1.54) is 48.8 Å². The van der Waals surface area contributed by atoms with E-state index in [1.54, 1.807) is 27.7 Å². The Balaban J connectivity index is 1.83. The van der Waals surface area contributed by atoms with Crippen LogP contribution in [0.15, 0.2) is 53.8 Å². The minimum atomic E-state index is -3.48. The Labute approximate surface area is 214 Å². The van der Waals surface area contributed by atoms with E-state index >= 15 is 0 Å². The summed E-state index contributed by atoms with van der Waals surface area (Å²) in [7, 11) is -3.48. The van der Waals surface area contributed by atoms with Gasteiger partial charge in [0, 0.05) is 30.1 Å². The standard InChI is InChI=1S/C24H28N4O8S/c1-15(14-29)34-18-10-16(11-19(12-18)35-17-6-7-21(25-13-17)37(5,32)33)22(30)26-20-8-9-28(27-20)23(31)36-24(2,3)4/h6-13,15,29H,14H2,1-5H3,(H,26,27,30). The lowest BCUT2D eigenvalue weighted by Gasteiger charge is -2.18. The molecule has 1 amide bonds. The quantitative estimate of drug-likeness (QED) is 0.441. The number of ether oxygens (including phenoxy) is 3. The van der Waals surface area contributed by atoms with E-state index in [2.05, 4.69) is 15.4 Å². The van der Waals surface area contributed by atoms with Gasteiger partial charge < -0.3 is 24.6 Å². The van der Waals surface area contributed by atoms with E-state index in [-0.39, 0.29) is 40.3 Å². The number of benzene rings is 1. The van der Waals surface area contributed by atoms with Crippen molar-refractivity contribution >= 4 is 27.7 Å². The number of carbonyl (C=O) groups excluding carboxylic acids is 2. The minimum absolute atomic E-state index is 0.105. The number of aliphatic hydroxyl groups is 1. The smallest absolute Gasteiger partial charge is 0.435 e. The molecular formula is C24H28N4O8S. The van der Waals surface area contributed by atoms with Crippen LogP contribution in [0.25, 0.3) is 0 Å². The number of rotatable bonds is 8. The molecule has 0 aliphatic rings. The maximum Gasteiger partial charge on any atom is 0.435 e. The fraction of sp³-hybridized carbons (Fsp3) is 0.333. The first kappa shape index (κ1) is 27.6. The van der Waals surface area contributed by atoms with Crippen molar-refractivity contribution in [1.82, 2.24) is 14.8 Å². The monoisotopic (exact) mass is 532 g/mol. The second-order valence-electron chi connectivity index (χ2n) is 9.09. The summed E-state index contributed by atoms with van der Waals surface area (Å²) in [6.45, 7) is 6.55. The van der Waals surface area contributed by atoms with Gasteiger partial charge in [0.1, 0.15) is 29.0 Å². The number of nitrogens with zero attached hydrogens (tertiary/aromatic N) is 3. The molecule has 37 heavy (non-hydrogen) atoms. The highest BCUT2D eigenvalue weighted by atomic mass is 32.2. The highest BCUT2D eigenvalue weighted by Gasteiger charge is 2.20. The van der Waals surface area contributed by atoms with Gasteiger partial charge in [0.15, 0.2) is 20.7 Å². The van der Waals surface area contributed by atoms with Gasteiger partial charge in [-0.2, -0.15) is 4.68 Å². The summed E-state index contributed by atoms with van der Waals surface area (Å²) in [6.07, 6.45) is 2.37. The Morgan fingerprint density at radius 3 is 2.41 bits per heavy atom. The summed E-state index contributed by atoms with van der Waals surface area (Å²) in [5, 5.41) is 15.8. The van der Waals surface area contributed by atoms with Gasteiger partial charge in [-0.25, -0.2) is 18.2 Å². The topological polar surface area (TPSA) is 159 Å². The van der Waals surface area contributed by atoms with Crippen molar-refractivity contribution in [3.05, 3.63) is 54.4 Å². The SMILES string of the molecule is CC(CO)Oc1cc(Oc2ccc(S(C)(=O)=O)nc2)cc(C(=O)Nc2ccn(C(=O)OC(C)(C)C)n2)c1. The third-order valence-electron chi connectivity index (χ3n) is 4.47. The summed E-state index contributed by atoms with van der Waals surface area (Å²) in [4.78, 5) is 29.0. The number of hydrogen-bond donors (Lipinski definition) is 2. The van der Waals surface area contributed by atoms with E-state index in [9.17, 15) is 23.1 Å². The first-order chi connectivity index (χ1) is 17.2. The van der Waals surface area contributed by atoms with Crippen LogP contribution >= 0.6 is 0 Å². The number of aromatic nitrogens is 3. The van der Waals surface area contributed by atoms with E-state index in [0.29, 0.717) is 0 Å². The molecule has 1 aromatic carbocycles. The number of aliphatic hydroxyl groups excluding tert-OH is 1. The van der Waals surface area contributed by atoms with Crippen molar-refractivity contribution in [2.24, 2.45) is 0 Å². The number of amides is 1. The average Bonchev–Trinajstić information content (AvgIpc) is 3.26. The van der Waals surface area contributed by atoms with E-state index in [1.807, 2.05) is 0 Å². The molecule has 2 heterocycles. The molecule has 2 aromatic heterocycles. The molecule has 0 saturated carbocycles. The molecule has 13 heteroatoms. The lowest BCUT2D eigenvalue weighted by molar-refractivity contribution is 0.0514. The highest BCUT2D eigenvalue weighted by molar-refractivity contribution is 7.90. The maximum atomic E-state index is 13.0. The van der Waals surface area contributed by atoms with Crippen molar-refractivity contribution in [2.45, 2.75) is 44.4 Å². The number of carbonyl (C=O) groups is 2. The predicted octanol–water partition coefficient (Wildman–Crippen LogP) is 3.27. The molecule has 0 aliphatic heterocycles. The lowest BCUT2D eigenvalue weighted by Crippen LogP contribution is -2.27. The van der Waals surface area contributed by atoms with Crippen LogP contribution in [0.2, 0.25) is 0 Å². The van der Waals surface area contributed by atoms with Gasteiger partial charge in [-0.1, -0.05) is 0 Å². The van der Waals surface area contributed by atoms with Crippen LogP contribution < -0.4 is 14.8 Å². The highest BCUT2D eigenvalue weighted by Crippen LogP contribution is 2.29. The van der Waals surface area contributed by atoms with Gasteiger partial charge in [-0.15, -0.1) is 5.10 Å². The summed E-state index contributed by atoms with van der Waals surface area (Å²) in [5.41, 5.74) is -0.583.